The minimum absolute atomic E-state index is 0.0712. The average Bonchev–Trinajstić information content (AvgIpc) is 2.98. The first-order valence-electron chi connectivity index (χ1n) is 7.28. The van der Waals surface area contributed by atoms with Gasteiger partial charge in [0.2, 0.25) is 5.96 Å². The first-order valence-corrected chi connectivity index (χ1v) is 9.55. The lowest BCUT2D eigenvalue weighted by Crippen LogP contribution is -2.49. The van der Waals surface area contributed by atoms with Gasteiger partial charge in [0.1, 0.15) is 10.6 Å². The van der Waals surface area contributed by atoms with Crippen LogP contribution in [0, 0.1) is 0 Å². The van der Waals surface area contributed by atoms with Crippen molar-refractivity contribution in [1.29, 1.82) is 0 Å². The molecule has 0 saturated carbocycles. The number of hydrazone groups is 1. The van der Waals surface area contributed by atoms with Gasteiger partial charge in [-0.05, 0) is 12.1 Å². The monoisotopic (exact) mass is 427 g/mol. The van der Waals surface area contributed by atoms with E-state index in [9.17, 15) is 22.0 Å². The normalized spacial score (nSPS) is 14.1. The number of ether oxygens (including phenoxy) is 2. The highest BCUT2D eigenvalue weighted by Crippen LogP contribution is 2.35. The minimum atomic E-state index is -4.07. The largest absolute Gasteiger partial charge is 0.433 e. The molecular weight excluding hydrogens is 412 g/mol. The zero-order chi connectivity index (χ0) is 20.2. The van der Waals surface area contributed by atoms with E-state index in [1.165, 1.54) is 12.1 Å². The number of nitrogens with zero attached hydrogens (tertiary/aromatic N) is 2. The van der Waals surface area contributed by atoms with Gasteiger partial charge in [0.15, 0.2) is 9.84 Å². The molecule has 0 bridgehead atoms. The molecule has 0 fully saturated rings. The summed E-state index contributed by atoms with van der Waals surface area (Å²) in [5.41, 5.74) is 4.80. The summed E-state index contributed by atoms with van der Waals surface area (Å²) >= 11 is 6.01. The van der Waals surface area contributed by atoms with E-state index in [2.05, 4.69) is 26.2 Å². The molecule has 3 N–H and O–H groups in total. The number of methoxy groups -OCH3 is 1. The highest BCUT2D eigenvalue weighted by molar-refractivity contribution is 7.91. The van der Waals surface area contributed by atoms with Gasteiger partial charge < -0.3 is 9.47 Å². The number of amides is 1. The number of hydrogen-bond donors (Lipinski definition) is 3. The van der Waals surface area contributed by atoms with E-state index in [4.69, 9.17) is 16.3 Å². The second-order valence-electron chi connectivity index (χ2n) is 5.16. The Kier molecular flexibility index (Phi) is 6.75. The Hall–Kier alpha value is -2.22. The molecule has 1 amide bonds. The molecule has 0 unspecified atom stereocenters. The van der Waals surface area contributed by atoms with Gasteiger partial charge in [-0.1, -0.05) is 11.6 Å². The molecule has 0 aliphatic carbocycles. The second-order valence-corrected chi connectivity index (χ2v) is 7.49. The number of alkyl halides is 2. The minimum Gasteiger partial charge on any atom is -0.433 e. The molecule has 0 radical (unpaired) electrons. The molecule has 0 saturated heterocycles. The van der Waals surface area contributed by atoms with E-state index in [-0.39, 0.29) is 11.5 Å². The first kappa shape index (κ1) is 21.1. The van der Waals surface area contributed by atoms with Crippen LogP contribution in [0.2, 0.25) is 5.02 Å². The lowest BCUT2D eigenvalue weighted by atomic mass is 10.2. The SMILES string of the molecule is COCCN1NNN=C1NC(=O)c1ccc(OC(F)F)c(S(C)(=O)=O)c1Cl. The number of carbonyl (C=O) groups excluding carboxylic acids is 1. The maximum absolute atomic E-state index is 12.5. The van der Waals surface area contributed by atoms with Crippen molar-refractivity contribution in [3.8, 4) is 5.75 Å². The van der Waals surface area contributed by atoms with Gasteiger partial charge >= 0.3 is 6.61 Å². The van der Waals surface area contributed by atoms with E-state index in [0.717, 1.165) is 18.4 Å². The highest BCUT2D eigenvalue weighted by Gasteiger charge is 2.27. The molecule has 14 heteroatoms. The molecule has 0 spiro atoms. The van der Waals surface area contributed by atoms with Crippen molar-refractivity contribution in [2.45, 2.75) is 11.5 Å². The van der Waals surface area contributed by atoms with Crippen LogP contribution < -0.4 is 21.1 Å². The predicted molar refractivity (Wildman–Crippen MR) is 90.9 cm³/mol. The van der Waals surface area contributed by atoms with E-state index >= 15 is 0 Å². The summed E-state index contributed by atoms with van der Waals surface area (Å²) < 4.78 is 58.0. The number of hydrogen-bond acceptors (Lipinski definition) is 9. The molecule has 27 heavy (non-hydrogen) atoms. The van der Waals surface area contributed by atoms with Crippen LogP contribution in [0.1, 0.15) is 10.4 Å². The predicted octanol–water partition coefficient (Wildman–Crippen LogP) is 0.317. The van der Waals surface area contributed by atoms with Crippen molar-refractivity contribution in [1.82, 2.24) is 21.4 Å². The van der Waals surface area contributed by atoms with Gasteiger partial charge in [0.25, 0.3) is 5.91 Å². The molecule has 1 aromatic carbocycles. The summed E-state index contributed by atoms with van der Waals surface area (Å²) in [6.07, 6.45) is 0.760. The van der Waals surface area contributed by atoms with Gasteiger partial charge in [-0.25, -0.2) is 14.0 Å². The number of hydrazine groups is 2. The van der Waals surface area contributed by atoms with Gasteiger partial charge in [0, 0.05) is 13.4 Å². The van der Waals surface area contributed by atoms with Crippen molar-refractivity contribution in [2.75, 3.05) is 26.5 Å². The van der Waals surface area contributed by atoms with E-state index in [0.29, 0.717) is 13.2 Å². The Bertz CT molecular complexity index is 852. The maximum Gasteiger partial charge on any atom is 0.387 e. The number of rotatable bonds is 7. The van der Waals surface area contributed by atoms with E-state index < -0.39 is 38.0 Å². The molecule has 10 nitrogen and oxygen atoms in total. The molecule has 1 heterocycles. The number of sulfone groups is 1. The van der Waals surface area contributed by atoms with Crippen LogP contribution >= 0.6 is 11.6 Å². The number of nitrogens with one attached hydrogen (secondary N) is 3. The van der Waals surface area contributed by atoms with Crippen LogP contribution in [0.4, 0.5) is 8.78 Å². The van der Waals surface area contributed by atoms with Crippen molar-refractivity contribution in [2.24, 2.45) is 5.10 Å². The first-order chi connectivity index (χ1) is 12.6. The summed E-state index contributed by atoms with van der Waals surface area (Å²) in [4.78, 5) is 11.8. The topological polar surface area (TPSA) is 121 Å². The third-order valence-corrected chi connectivity index (χ3v) is 4.89. The van der Waals surface area contributed by atoms with Gasteiger partial charge in [0.05, 0.1) is 23.7 Å². The van der Waals surface area contributed by atoms with Crippen LogP contribution in [0.5, 0.6) is 5.75 Å². The van der Waals surface area contributed by atoms with Crippen molar-refractivity contribution < 1.29 is 31.5 Å². The Labute approximate surface area is 158 Å². The fraction of sp³-hybridized carbons (Fsp3) is 0.385. The van der Waals surface area contributed by atoms with Crippen LogP contribution in [-0.2, 0) is 14.6 Å². The van der Waals surface area contributed by atoms with E-state index in [1.807, 2.05) is 0 Å². The number of benzene rings is 1. The smallest absolute Gasteiger partial charge is 0.387 e. The Morgan fingerprint density at radius 3 is 2.74 bits per heavy atom. The summed E-state index contributed by atoms with van der Waals surface area (Å²) in [7, 11) is -2.57. The lowest BCUT2D eigenvalue weighted by molar-refractivity contribution is -0.0517. The average molecular weight is 428 g/mol. The molecular formula is C13H16ClF2N5O5S. The van der Waals surface area contributed by atoms with Gasteiger partial charge in [-0.3, -0.25) is 15.1 Å². The molecule has 2 rings (SSSR count). The maximum atomic E-state index is 12.5. The van der Waals surface area contributed by atoms with E-state index in [1.54, 1.807) is 0 Å². The third-order valence-electron chi connectivity index (χ3n) is 3.24. The van der Waals surface area contributed by atoms with Gasteiger partial charge in [-0.2, -0.15) is 8.78 Å². The Balaban J connectivity index is 2.31. The Morgan fingerprint density at radius 1 is 1.44 bits per heavy atom. The standard InChI is InChI=1S/C13H16ClF2N5O5S/c1-25-6-5-21-13(18-19-20-21)17-11(22)7-3-4-8(26-12(15)16)10(9(7)14)27(2,23)24/h3-4,12,19-20H,5-6H2,1-2H3,(H,17,18,22). The summed E-state index contributed by atoms with van der Waals surface area (Å²) in [5, 5.41) is 7.10. The van der Waals surface area contributed by atoms with Crippen molar-refractivity contribution >= 4 is 33.3 Å². The zero-order valence-electron chi connectivity index (χ0n) is 14.1. The molecule has 0 atom stereocenters. The lowest BCUT2D eigenvalue weighted by Gasteiger charge is -2.19. The molecule has 1 aromatic rings. The fourth-order valence-electron chi connectivity index (χ4n) is 2.11. The van der Waals surface area contributed by atoms with Crippen molar-refractivity contribution in [3.63, 3.8) is 0 Å². The van der Waals surface area contributed by atoms with Crippen LogP contribution in [0.15, 0.2) is 22.1 Å². The third kappa shape index (κ3) is 5.15. The van der Waals surface area contributed by atoms with Crippen LogP contribution in [-0.4, -0.2) is 58.4 Å². The highest BCUT2D eigenvalue weighted by atomic mass is 35.5. The van der Waals surface area contributed by atoms with Gasteiger partial charge in [-0.15, -0.1) is 10.6 Å². The molecule has 1 aliphatic rings. The van der Waals surface area contributed by atoms with Crippen molar-refractivity contribution in [3.05, 3.63) is 22.7 Å². The zero-order valence-corrected chi connectivity index (χ0v) is 15.7. The molecule has 0 aromatic heterocycles. The number of halogens is 3. The molecule has 150 valence electrons. The molecule has 1 aliphatic heterocycles. The summed E-state index contributed by atoms with van der Waals surface area (Å²) in [5.74, 6) is -1.39. The Morgan fingerprint density at radius 2 is 2.15 bits per heavy atom. The van der Waals surface area contributed by atoms with Crippen LogP contribution in [0.25, 0.3) is 0 Å². The second kappa shape index (κ2) is 8.65. The fourth-order valence-corrected chi connectivity index (χ4v) is 3.69. The quantitative estimate of drug-likeness (QED) is 0.568. The van der Waals surface area contributed by atoms with Crippen LogP contribution in [0.3, 0.4) is 0 Å². The summed E-state index contributed by atoms with van der Waals surface area (Å²) in [6, 6.07) is 2.00. The summed E-state index contributed by atoms with van der Waals surface area (Å²) in [6.45, 7) is -2.62. The number of guanidine groups is 1. The number of carbonyl (C=O) groups is 1.